The van der Waals surface area contributed by atoms with Gasteiger partial charge in [0.25, 0.3) is 0 Å². The molecule has 0 aliphatic carbocycles. The molecule has 1 unspecified atom stereocenters. The fourth-order valence-electron chi connectivity index (χ4n) is 2.01. The molecule has 0 rings (SSSR count). The molecule has 0 saturated heterocycles. The molecule has 0 saturated carbocycles. The van der Waals surface area contributed by atoms with E-state index in [4.69, 9.17) is 5.73 Å². The highest BCUT2D eigenvalue weighted by atomic mass is 16.2. The van der Waals surface area contributed by atoms with Crippen LogP contribution in [-0.2, 0) is 4.79 Å². The Labute approximate surface area is 113 Å². The number of amides is 1. The molecule has 0 spiro atoms. The topological polar surface area (TPSA) is 55.1 Å². The van der Waals surface area contributed by atoms with Gasteiger partial charge in [-0.15, -0.1) is 0 Å². The summed E-state index contributed by atoms with van der Waals surface area (Å²) in [5.41, 5.74) is 6.03. The minimum absolute atomic E-state index is 0.00716. The highest BCUT2D eigenvalue weighted by molar-refractivity contribution is 5.81. The lowest BCUT2D eigenvalue weighted by Gasteiger charge is -2.26. The standard InChI is InChI=1S/C15H32N2O/c1-6-7-8-9-15(4,5)11-17-14(18)13(16)10-12(2)3/h12-13H,6-11,16H2,1-5H3,(H,17,18). The molecule has 0 aromatic rings. The van der Waals surface area contributed by atoms with Gasteiger partial charge in [-0.25, -0.2) is 0 Å². The highest BCUT2D eigenvalue weighted by Crippen LogP contribution is 2.22. The van der Waals surface area contributed by atoms with Crippen molar-refractivity contribution in [1.29, 1.82) is 0 Å². The second kappa shape index (κ2) is 8.52. The number of carbonyl (C=O) groups is 1. The van der Waals surface area contributed by atoms with Gasteiger partial charge < -0.3 is 11.1 Å². The lowest BCUT2D eigenvalue weighted by atomic mass is 9.86. The molecule has 0 aromatic heterocycles. The van der Waals surface area contributed by atoms with Crippen LogP contribution in [0.15, 0.2) is 0 Å². The third-order valence-electron chi connectivity index (χ3n) is 3.26. The number of hydrogen-bond donors (Lipinski definition) is 2. The second-order valence-electron chi connectivity index (χ2n) is 6.58. The van der Waals surface area contributed by atoms with Crippen LogP contribution in [-0.4, -0.2) is 18.5 Å². The van der Waals surface area contributed by atoms with Gasteiger partial charge in [-0.05, 0) is 24.2 Å². The minimum Gasteiger partial charge on any atom is -0.354 e. The molecule has 1 amide bonds. The first-order valence-corrected chi connectivity index (χ1v) is 7.32. The molecule has 0 fully saturated rings. The summed E-state index contributed by atoms with van der Waals surface area (Å²) in [5.74, 6) is 0.454. The summed E-state index contributed by atoms with van der Waals surface area (Å²) in [5, 5.41) is 2.99. The summed E-state index contributed by atoms with van der Waals surface area (Å²) in [6, 6.07) is -0.364. The second-order valence-corrected chi connectivity index (χ2v) is 6.58. The smallest absolute Gasteiger partial charge is 0.236 e. The number of hydrogen-bond acceptors (Lipinski definition) is 2. The van der Waals surface area contributed by atoms with Gasteiger partial charge in [0.15, 0.2) is 0 Å². The summed E-state index contributed by atoms with van der Waals surface area (Å²) >= 11 is 0. The molecule has 1 atom stereocenters. The molecule has 0 radical (unpaired) electrons. The zero-order chi connectivity index (χ0) is 14.2. The fourth-order valence-corrected chi connectivity index (χ4v) is 2.01. The van der Waals surface area contributed by atoms with E-state index < -0.39 is 0 Å². The fraction of sp³-hybridized carbons (Fsp3) is 0.933. The van der Waals surface area contributed by atoms with E-state index in [-0.39, 0.29) is 17.4 Å². The van der Waals surface area contributed by atoms with Crippen molar-refractivity contribution in [3.63, 3.8) is 0 Å². The molecule has 0 aliphatic rings. The van der Waals surface area contributed by atoms with Crippen molar-refractivity contribution in [1.82, 2.24) is 5.32 Å². The van der Waals surface area contributed by atoms with Crippen molar-refractivity contribution in [2.75, 3.05) is 6.54 Å². The number of nitrogens with two attached hydrogens (primary N) is 1. The largest absolute Gasteiger partial charge is 0.354 e. The monoisotopic (exact) mass is 256 g/mol. The number of rotatable bonds is 9. The normalized spacial score (nSPS) is 13.7. The lowest BCUT2D eigenvalue weighted by molar-refractivity contribution is -0.123. The Bertz CT molecular complexity index is 237. The Morgan fingerprint density at radius 2 is 1.89 bits per heavy atom. The van der Waals surface area contributed by atoms with E-state index in [1.165, 1.54) is 19.3 Å². The van der Waals surface area contributed by atoms with Crippen LogP contribution in [0, 0.1) is 11.3 Å². The predicted molar refractivity (Wildman–Crippen MR) is 78.4 cm³/mol. The SMILES string of the molecule is CCCCCC(C)(C)CNC(=O)C(N)CC(C)C. The summed E-state index contributed by atoms with van der Waals surface area (Å²) in [6.45, 7) is 11.5. The van der Waals surface area contributed by atoms with E-state index in [0.29, 0.717) is 5.92 Å². The first-order chi connectivity index (χ1) is 8.28. The van der Waals surface area contributed by atoms with Crippen LogP contribution in [0.2, 0.25) is 0 Å². The van der Waals surface area contributed by atoms with E-state index >= 15 is 0 Å². The third-order valence-corrected chi connectivity index (χ3v) is 3.26. The third kappa shape index (κ3) is 8.51. The Kier molecular flexibility index (Phi) is 8.25. The number of unbranched alkanes of at least 4 members (excludes halogenated alkanes) is 2. The molecular formula is C15H32N2O. The van der Waals surface area contributed by atoms with Crippen molar-refractivity contribution < 1.29 is 4.79 Å². The van der Waals surface area contributed by atoms with Gasteiger partial charge in [-0.1, -0.05) is 53.9 Å². The quantitative estimate of drug-likeness (QED) is 0.623. The molecule has 0 aromatic carbocycles. The van der Waals surface area contributed by atoms with Crippen LogP contribution in [0.1, 0.15) is 66.7 Å². The average Bonchev–Trinajstić information content (AvgIpc) is 2.25. The zero-order valence-corrected chi connectivity index (χ0v) is 12.9. The maximum absolute atomic E-state index is 11.8. The number of carbonyl (C=O) groups excluding carboxylic acids is 1. The Morgan fingerprint density at radius 1 is 1.28 bits per heavy atom. The lowest BCUT2D eigenvalue weighted by Crippen LogP contribution is -2.44. The van der Waals surface area contributed by atoms with Crippen LogP contribution in [0.4, 0.5) is 0 Å². The van der Waals surface area contributed by atoms with Gasteiger partial charge in [0.1, 0.15) is 0 Å². The van der Waals surface area contributed by atoms with Gasteiger partial charge in [0.2, 0.25) is 5.91 Å². The Morgan fingerprint density at radius 3 is 2.39 bits per heavy atom. The highest BCUT2D eigenvalue weighted by Gasteiger charge is 2.21. The zero-order valence-electron chi connectivity index (χ0n) is 12.9. The van der Waals surface area contributed by atoms with Gasteiger partial charge >= 0.3 is 0 Å². The van der Waals surface area contributed by atoms with E-state index in [9.17, 15) is 4.79 Å². The maximum atomic E-state index is 11.8. The van der Waals surface area contributed by atoms with Crippen molar-refractivity contribution in [2.24, 2.45) is 17.1 Å². The summed E-state index contributed by atoms with van der Waals surface area (Å²) in [6.07, 6.45) is 5.64. The van der Waals surface area contributed by atoms with Crippen LogP contribution in [0.3, 0.4) is 0 Å². The van der Waals surface area contributed by atoms with Crippen LogP contribution in [0.25, 0.3) is 0 Å². The Balaban J connectivity index is 3.95. The molecular weight excluding hydrogens is 224 g/mol. The van der Waals surface area contributed by atoms with Gasteiger partial charge in [0.05, 0.1) is 6.04 Å². The number of nitrogens with one attached hydrogen (secondary N) is 1. The van der Waals surface area contributed by atoms with Crippen LogP contribution in [0.5, 0.6) is 0 Å². The van der Waals surface area contributed by atoms with E-state index in [2.05, 4.69) is 39.9 Å². The van der Waals surface area contributed by atoms with Crippen molar-refractivity contribution in [3.8, 4) is 0 Å². The molecule has 3 N–H and O–H groups in total. The molecule has 3 heteroatoms. The molecule has 18 heavy (non-hydrogen) atoms. The molecule has 0 heterocycles. The van der Waals surface area contributed by atoms with E-state index in [0.717, 1.165) is 19.4 Å². The van der Waals surface area contributed by atoms with Gasteiger partial charge in [0, 0.05) is 6.54 Å². The average molecular weight is 256 g/mol. The van der Waals surface area contributed by atoms with Gasteiger partial charge in [-0.3, -0.25) is 4.79 Å². The summed E-state index contributed by atoms with van der Waals surface area (Å²) < 4.78 is 0. The Hall–Kier alpha value is -0.570. The van der Waals surface area contributed by atoms with Gasteiger partial charge in [-0.2, -0.15) is 0 Å². The van der Waals surface area contributed by atoms with Crippen LogP contribution < -0.4 is 11.1 Å². The van der Waals surface area contributed by atoms with E-state index in [1.807, 2.05) is 0 Å². The maximum Gasteiger partial charge on any atom is 0.236 e. The first kappa shape index (κ1) is 17.4. The van der Waals surface area contributed by atoms with Crippen molar-refractivity contribution in [2.45, 2.75) is 72.8 Å². The van der Waals surface area contributed by atoms with E-state index in [1.54, 1.807) is 0 Å². The minimum atomic E-state index is -0.364. The molecule has 108 valence electrons. The summed E-state index contributed by atoms with van der Waals surface area (Å²) in [4.78, 5) is 11.8. The predicted octanol–water partition coefficient (Wildman–Crippen LogP) is 3.08. The molecule has 0 bridgehead atoms. The molecule has 3 nitrogen and oxygen atoms in total. The van der Waals surface area contributed by atoms with Crippen molar-refractivity contribution >= 4 is 5.91 Å². The first-order valence-electron chi connectivity index (χ1n) is 7.32. The molecule has 0 aliphatic heterocycles. The van der Waals surface area contributed by atoms with Crippen LogP contribution >= 0.6 is 0 Å². The van der Waals surface area contributed by atoms with Crippen molar-refractivity contribution in [3.05, 3.63) is 0 Å². The summed E-state index contributed by atoms with van der Waals surface area (Å²) in [7, 11) is 0.